The summed E-state index contributed by atoms with van der Waals surface area (Å²) in [6.07, 6.45) is 1.73. The van der Waals surface area contributed by atoms with E-state index in [9.17, 15) is 9.18 Å². The van der Waals surface area contributed by atoms with Crippen LogP contribution in [0.25, 0.3) is 0 Å². The lowest BCUT2D eigenvalue weighted by Gasteiger charge is -2.18. The first-order valence-electron chi connectivity index (χ1n) is 6.95. The Balaban J connectivity index is 1.81. The number of carbonyl (C=O) groups excluding carboxylic acids is 1. The van der Waals surface area contributed by atoms with Crippen molar-refractivity contribution in [3.05, 3.63) is 65.0 Å². The van der Waals surface area contributed by atoms with E-state index in [1.807, 2.05) is 13.0 Å². The standard InChI is InChI=1S/C17H17FN2O/c1-11-2-3-12(10-15(11)19)16(21)20-17(8-9-17)13-4-6-14(18)7-5-13/h2-7,10H,8-9,19H2,1H3,(H,20,21). The zero-order valence-electron chi connectivity index (χ0n) is 11.8. The molecule has 3 rings (SSSR count). The van der Waals surface area contributed by atoms with Crippen LogP contribution in [0.4, 0.5) is 10.1 Å². The topological polar surface area (TPSA) is 55.1 Å². The number of hydrogen-bond donors (Lipinski definition) is 2. The van der Waals surface area contributed by atoms with Gasteiger partial charge in [-0.2, -0.15) is 0 Å². The number of nitrogens with two attached hydrogens (primary N) is 1. The second-order valence-corrected chi connectivity index (χ2v) is 5.61. The summed E-state index contributed by atoms with van der Waals surface area (Å²) in [6.45, 7) is 1.90. The molecule has 2 aromatic carbocycles. The van der Waals surface area contributed by atoms with Gasteiger partial charge in [-0.25, -0.2) is 4.39 Å². The van der Waals surface area contributed by atoms with Gasteiger partial charge in [-0.1, -0.05) is 18.2 Å². The molecule has 3 nitrogen and oxygen atoms in total. The van der Waals surface area contributed by atoms with Crippen molar-refractivity contribution in [2.75, 3.05) is 5.73 Å². The van der Waals surface area contributed by atoms with Crippen molar-refractivity contribution in [3.63, 3.8) is 0 Å². The number of benzene rings is 2. The molecule has 0 atom stereocenters. The maximum atomic E-state index is 13.0. The molecule has 1 amide bonds. The van der Waals surface area contributed by atoms with Crippen LogP contribution < -0.4 is 11.1 Å². The minimum atomic E-state index is -0.357. The number of amides is 1. The molecule has 1 aliphatic rings. The molecule has 1 fully saturated rings. The molecule has 2 aromatic rings. The number of nitrogen functional groups attached to an aromatic ring is 1. The Morgan fingerprint density at radius 3 is 2.43 bits per heavy atom. The summed E-state index contributed by atoms with van der Waals surface area (Å²) in [6, 6.07) is 11.6. The van der Waals surface area contributed by atoms with E-state index in [1.54, 1.807) is 24.3 Å². The van der Waals surface area contributed by atoms with Crippen molar-refractivity contribution in [2.24, 2.45) is 0 Å². The Labute approximate surface area is 123 Å². The summed E-state index contributed by atoms with van der Waals surface area (Å²) in [4.78, 5) is 12.4. The maximum Gasteiger partial charge on any atom is 0.252 e. The van der Waals surface area contributed by atoms with Crippen molar-refractivity contribution in [3.8, 4) is 0 Å². The molecule has 21 heavy (non-hydrogen) atoms. The first-order chi connectivity index (χ1) is 10.00. The zero-order valence-corrected chi connectivity index (χ0v) is 11.8. The average molecular weight is 284 g/mol. The Morgan fingerprint density at radius 1 is 1.19 bits per heavy atom. The van der Waals surface area contributed by atoms with Gasteiger partial charge in [0.25, 0.3) is 5.91 Å². The highest BCUT2D eigenvalue weighted by atomic mass is 19.1. The molecule has 0 bridgehead atoms. The van der Waals surface area contributed by atoms with E-state index < -0.39 is 0 Å². The van der Waals surface area contributed by atoms with Crippen LogP contribution in [0.1, 0.15) is 34.3 Å². The normalized spacial score (nSPS) is 15.5. The highest BCUT2D eigenvalue weighted by molar-refractivity contribution is 5.96. The largest absolute Gasteiger partial charge is 0.398 e. The van der Waals surface area contributed by atoms with Crippen LogP contribution in [0.2, 0.25) is 0 Å². The summed E-state index contributed by atoms with van der Waals surface area (Å²) >= 11 is 0. The van der Waals surface area contributed by atoms with Gasteiger partial charge >= 0.3 is 0 Å². The Kier molecular flexibility index (Phi) is 3.16. The number of rotatable bonds is 3. The third-order valence-corrected chi connectivity index (χ3v) is 4.04. The number of anilines is 1. The first kappa shape index (κ1) is 13.6. The van der Waals surface area contributed by atoms with Crippen LogP contribution >= 0.6 is 0 Å². The van der Waals surface area contributed by atoms with Crippen molar-refractivity contribution in [1.29, 1.82) is 0 Å². The summed E-state index contributed by atoms with van der Waals surface area (Å²) in [7, 11) is 0. The number of aryl methyl sites for hydroxylation is 1. The highest BCUT2D eigenvalue weighted by Crippen LogP contribution is 2.45. The highest BCUT2D eigenvalue weighted by Gasteiger charge is 2.45. The molecule has 0 radical (unpaired) electrons. The van der Waals surface area contributed by atoms with Gasteiger partial charge in [-0.15, -0.1) is 0 Å². The molecule has 1 saturated carbocycles. The monoisotopic (exact) mass is 284 g/mol. The lowest BCUT2D eigenvalue weighted by atomic mass is 10.0. The van der Waals surface area contributed by atoms with Gasteiger partial charge in [0.1, 0.15) is 5.82 Å². The second-order valence-electron chi connectivity index (χ2n) is 5.61. The van der Waals surface area contributed by atoms with Gasteiger partial charge in [0.05, 0.1) is 5.54 Å². The van der Waals surface area contributed by atoms with Crippen molar-refractivity contribution in [1.82, 2.24) is 5.32 Å². The van der Waals surface area contributed by atoms with Crippen molar-refractivity contribution < 1.29 is 9.18 Å². The SMILES string of the molecule is Cc1ccc(C(=O)NC2(c3ccc(F)cc3)CC2)cc1N. The van der Waals surface area contributed by atoms with Gasteiger partial charge in [0, 0.05) is 11.3 Å². The van der Waals surface area contributed by atoms with Crippen molar-refractivity contribution in [2.45, 2.75) is 25.3 Å². The number of nitrogens with one attached hydrogen (secondary N) is 1. The molecule has 0 saturated heterocycles. The zero-order chi connectivity index (χ0) is 15.0. The molecule has 0 aromatic heterocycles. The summed E-state index contributed by atoms with van der Waals surface area (Å²) in [5, 5.41) is 3.05. The minimum Gasteiger partial charge on any atom is -0.398 e. The quantitative estimate of drug-likeness (QED) is 0.851. The average Bonchev–Trinajstić information content (AvgIpc) is 3.23. The van der Waals surface area contributed by atoms with Gasteiger partial charge in [0.2, 0.25) is 0 Å². The molecule has 4 heteroatoms. The molecule has 0 spiro atoms. The minimum absolute atomic E-state index is 0.150. The van der Waals surface area contributed by atoms with Crippen LogP contribution in [0.3, 0.4) is 0 Å². The second kappa shape index (κ2) is 4.88. The third-order valence-electron chi connectivity index (χ3n) is 4.04. The van der Waals surface area contributed by atoms with Crippen LogP contribution in [0.5, 0.6) is 0 Å². The molecular weight excluding hydrogens is 267 g/mol. The van der Waals surface area contributed by atoms with Gasteiger partial charge in [0.15, 0.2) is 0 Å². The van der Waals surface area contributed by atoms with E-state index in [0.29, 0.717) is 11.3 Å². The van der Waals surface area contributed by atoms with E-state index in [1.165, 1.54) is 12.1 Å². The Bertz CT molecular complexity index is 690. The molecule has 0 heterocycles. The molecule has 108 valence electrons. The van der Waals surface area contributed by atoms with Crippen LogP contribution in [-0.2, 0) is 5.54 Å². The van der Waals surface area contributed by atoms with Crippen LogP contribution in [-0.4, -0.2) is 5.91 Å². The van der Waals surface area contributed by atoms with Crippen molar-refractivity contribution >= 4 is 11.6 Å². The Hall–Kier alpha value is -2.36. The van der Waals surface area contributed by atoms with Crippen LogP contribution in [0, 0.1) is 12.7 Å². The van der Waals surface area contributed by atoms with E-state index in [-0.39, 0.29) is 17.3 Å². The fraction of sp³-hybridized carbons (Fsp3) is 0.235. The lowest BCUT2D eigenvalue weighted by molar-refractivity contribution is 0.0931. The molecular formula is C17H17FN2O. The Morgan fingerprint density at radius 2 is 1.86 bits per heavy atom. The van der Waals surface area contributed by atoms with E-state index in [4.69, 9.17) is 5.73 Å². The first-order valence-corrected chi connectivity index (χ1v) is 6.95. The van der Waals surface area contributed by atoms with E-state index in [2.05, 4.69) is 5.32 Å². The van der Waals surface area contributed by atoms with Crippen LogP contribution in [0.15, 0.2) is 42.5 Å². The number of carbonyl (C=O) groups is 1. The summed E-state index contributed by atoms with van der Waals surface area (Å²) < 4.78 is 13.0. The van der Waals surface area contributed by atoms with E-state index >= 15 is 0 Å². The third kappa shape index (κ3) is 2.61. The fourth-order valence-electron chi connectivity index (χ4n) is 2.45. The number of hydrogen-bond acceptors (Lipinski definition) is 2. The molecule has 0 aliphatic heterocycles. The summed E-state index contributed by atoms with van der Waals surface area (Å²) in [5.41, 5.74) is 8.53. The molecule has 3 N–H and O–H groups in total. The number of halogens is 1. The van der Waals surface area contributed by atoms with E-state index in [0.717, 1.165) is 24.0 Å². The van der Waals surface area contributed by atoms with Gasteiger partial charge in [-0.05, 0) is 55.2 Å². The fourth-order valence-corrected chi connectivity index (χ4v) is 2.45. The predicted octanol–water partition coefficient (Wildman–Crippen LogP) is 3.14. The van der Waals surface area contributed by atoms with Gasteiger partial charge in [-0.3, -0.25) is 4.79 Å². The maximum absolute atomic E-state index is 13.0. The predicted molar refractivity (Wildman–Crippen MR) is 80.4 cm³/mol. The smallest absolute Gasteiger partial charge is 0.252 e. The summed E-state index contributed by atoms with van der Waals surface area (Å²) in [5.74, 6) is -0.421. The molecule has 0 unspecified atom stereocenters. The van der Waals surface area contributed by atoms with Gasteiger partial charge < -0.3 is 11.1 Å². The lowest BCUT2D eigenvalue weighted by Crippen LogP contribution is -2.34. The molecule has 1 aliphatic carbocycles.